The third-order valence-corrected chi connectivity index (χ3v) is 3.02. The highest BCUT2D eigenvalue weighted by Crippen LogP contribution is 2.35. The first-order valence-corrected chi connectivity index (χ1v) is 6.67. The van der Waals surface area contributed by atoms with E-state index in [0.29, 0.717) is 19.3 Å². The van der Waals surface area contributed by atoms with Gasteiger partial charge in [-0.25, -0.2) is 0 Å². The molecule has 0 spiro atoms. The van der Waals surface area contributed by atoms with Crippen molar-refractivity contribution >= 4 is 11.6 Å². The predicted molar refractivity (Wildman–Crippen MR) is 73.5 cm³/mol. The van der Waals surface area contributed by atoms with Crippen molar-refractivity contribution < 1.29 is 9.47 Å². The number of fused-ring (bicyclic) bond motifs is 1. The van der Waals surface area contributed by atoms with E-state index >= 15 is 0 Å². The van der Waals surface area contributed by atoms with E-state index in [0.717, 1.165) is 24.5 Å². The highest BCUT2D eigenvalue weighted by molar-refractivity contribution is 6.25. The minimum atomic E-state index is 0.303. The highest BCUT2D eigenvalue weighted by atomic mass is 35.5. The smallest absolute Gasteiger partial charge is 0.128 e. The molecular formula is C14H18ClNO2. The molecule has 1 aliphatic rings. The summed E-state index contributed by atoms with van der Waals surface area (Å²) in [7, 11) is 0. The third kappa shape index (κ3) is 3.18. The molecule has 1 heterocycles. The van der Waals surface area contributed by atoms with Crippen LogP contribution in [0.25, 0.3) is 0 Å². The Balaban J connectivity index is 2.00. The van der Waals surface area contributed by atoms with Crippen LogP contribution in [0.15, 0.2) is 29.8 Å². The van der Waals surface area contributed by atoms with E-state index < -0.39 is 0 Å². The van der Waals surface area contributed by atoms with E-state index in [9.17, 15) is 0 Å². The zero-order valence-electron chi connectivity index (χ0n) is 10.5. The second-order valence-electron chi connectivity index (χ2n) is 4.19. The van der Waals surface area contributed by atoms with Crippen LogP contribution in [0.5, 0.6) is 11.5 Å². The zero-order valence-corrected chi connectivity index (χ0v) is 11.2. The van der Waals surface area contributed by atoms with Gasteiger partial charge in [-0.1, -0.05) is 18.5 Å². The van der Waals surface area contributed by atoms with E-state index in [1.807, 2.05) is 12.1 Å². The Morgan fingerprint density at radius 1 is 1.56 bits per heavy atom. The van der Waals surface area contributed by atoms with Gasteiger partial charge in [-0.05, 0) is 31.2 Å². The Morgan fingerprint density at radius 2 is 2.44 bits per heavy atom. The zero-order chi connectivity index (χ0) is 12.8. The predicted octanol–water partition coefficient (Wildman–Crippen LogP) is 3.25. The first-order chi connectivity index (χ1) is 8.85. The van der Waals surface area contributed by atoms with Crippen LogP contribution in [0.1, 0.15) is 24.9 Å². The minimum Gasteiger partial charge on any atom is -0.491 e. The lowest BCUT2D eigenvalue weighted by Crippen LogP contribution is -2.22. The molecule has 2 rings (SSSR count). The fourth-order valence-corrected chi connectivity index (χ4v) is 2.02. The van der Waals surface area contributed by atoms with Gasteiger partial charge < -0.3 is 14.8 Å². The van der Waals surface area contributed by atoms with Gasteiger partial charge >= 0.3 is 0 Å². The number of nitrogens with one attached hydrogen (secondary N) is 1. The van der Waals surface area contributed by atoms with Gasteiger partial charge in [0.1, 0.15) is 24.7 Å². The molecule has 4 heteroatoms. The van der Waals surface area contributed by atoms with E-state index in [1.165, 1.54) is 11.1 Å². The molecule has 18 heavy (non-hydrogen) atoms. The Hall–Kier alpha value is -1.19. The van der Waals surface area contributed by atoms with Gasteiger partial charge in [-0.2, -0.15) is 0 Å². The van der Waals surface area contributed by atoms with Crippen molar-refractivity contribution in [3.63, 3.8) is 0 Å². The summed E-state index contributed by atoms with van der Waals surface area (Å²) in [4.78, 5) is 0. The van der Waals surface area contributed by atoms with Gasteiger partial charge in [-0.3, -0.25) is 0 Å². The van der Waals surface area contributed by atoms with Gasteiger partial charge in [-0.15, -0.1) is 0 Å². The SMILES string of the molecule is CCCNC1COc2cc(OCC=CCl)ccc21. The average Bonchev–Trinajstić information content (AvgIpc) is 2.79. The molecule has 98 valence electrons. The molecular weight excluding hydrogens is 250 g/mol. The first-order valence-electron chi connectivity index (χ1n) is 6.23. The molecule has 0 aromatic heterocycles. The van der Waals surface area contributed by atoms with Gasteiger partial charge in [0.25, 0.3) is 0 Å². The molecule has 0 saturated heterocycles. The van der Waals surface area contributed by atoms with E-state index in [2.05, 4.69) is 18.3 Å². The lowest BCUT2D eigenvalue weighted by Gasteiger charge is -2.10. The monoisotopic (exact) mass is 267 g/mol. The number of hydrogen-bond donors (Lipinski definition) is 1. The van der Waals surface area contributed by atoms with Crippen LogP contribution < -0.4 is 14.8 Å². The number of rotatable bonds is 6. The third-order valence-electron chi connectivity index (χ3n) is 2.84. The summed E-state index contributed by atoms with van der Waals surface area (Å²) < 4.78 is 11.2. The normalized spacial score (nSPS) is 17.8. The van der Waals surface area contributed by atoms with Crippen LogP contribution in [0.4, 0.5) is 0 Å². The molecule has 0 aliphatic carbocycles. The minimum absolute atomic E-state index is 0.303. The molecule has 1 aromatic carbocycles. The van der Waals surface area contributed by atoms with E-state index in [-0.39, 0.29) is 0 Å². The molecule has 0 bridgehead atoms. The molecule has 1 atom stereocenters. The van der Waals surface area contributed by atoms with Gasteiger partial charge in [0.15, 0.2) is 0 Å². The summed E-state index contributed by atoms with van der Waals surface area (Å²) in [5, 5.41) is 3.46. The Kier molecular flexibility index (Phi) is 4.90. The van der Waals surface area contributed by atoms with Crippen molar-refractivity contribution in [1.82, 2.24) is 5.32 Å². The second kappa shape index (κ2) is 6.66. The van der Waals surface area contributed by atoms with Crippen molar-refractivity contribution in [2.45, 2.75) is 19.4 Å². The highest BCUT2D eigenvalue weighted by Gasteiger charge is 2.23. The van der Waals surface area contributed by atoms with Crippen molar-refractivity contribution in [2.24, 2.45) is 0 Å². The van der Waals surface area contributed by atoms with E-state index in [4.69, 9.17) is 21.1 Å². The van der Waals surface area contributed by atoms with Crippen molar-refractivity contribution in [3.8, 4) is 11.5 Å². The molecule has 0 radical (unpaired) electrons. The largest absolute Gasteiger partial charge is 0.491 e. The van der Waals surface area contributed by atoms with Crippen LogP contribution in [-0.2, 0) is 0 Å². The fraction of sp³-hybridized carbons (Fsp3) is 0.429. The van der Waals surface area contributed by atoms with Crippen molar-refractivity contribution in [1.29, 1.82) is 0 Å². The molecule has 1 N–H and O–H groups in total. The molecule has 1 unspecified atom stereocenters. The van der Waals surface area contributed by atoms with E-state index in [1.54, 1.807) is 6.08 Å². The van der Waals surface area contributed by atoms with Crippen LogP contribution >= 0.6 is 11.6 Å². The standard InChI is InChI=1S/C14H18ClNO2/c1-2-7-16-13-10-18-14-9-11(4-5-12(13)14)17-8-3-6-15/h3-6,9,13,16H,2,7-8,10H2,1H3. The van der Waals surface area contributed by atoms with Gasteiger partial charge in [0, 0.05) is 17.2 Å². The first kappa shape index (κ1) is 13.2. The molecule has 0 fully saturated rings. The Morgan fingerprint density at radius 3 is 3.22 bits per heavy atom. The van der Waals surface area contributed by atoms with Crippen molar-refractivity contribution in [3.05, 3.63) is 35.4 Å². The van der Waals surface area contributed by atoms with Crippen molar-refractivity contribution in [2.75, 3.05) is 19.8 Å². The average molecular weight is 268 g/mol. The fourth-order valence-electron chi connectivity index (χ4n) is 1.95. The summed E-state index contributed by atoms with van der Waals surface area (Å²) >= 11 is 5.44. The molecule has 0 amide bonds. The topological polar surface area (TPSA) is 30.5 Å². The Labute approximate surface area is 113 Å². The summed E-state index contributed by atoms with van der Waals surface area (Å²) in [5.41, 5.74) is 2.66. The maximum absolute atomic E-state index is 5.67. The molecule has 1 aromatic rings. The number of benzene rings is 1. The molecule has 3 nitrogen and oxygen atoms in total. The summed E-state index contributed by atoms with van der Waals surface area (Å²) in [6.45, 7) is 4.33. The lowest BCUT2D eigenvalue weighted by atomic mass is 10.1. The summed E-state index contributed by atoms with van der Waals surface area (Å²) in [6, 6.07) is 6.27. The molecule has 1 aliphatic heterocycles. The maximum atomic E-state index is 5.67. The van der Waals surface area contributed by atoms with Crippen LogP contribution in [0, 0.1) is 0 Å². The number of hydrogen-bond acceptors (Lipinski definition) is 3. The number of ether oxygens (including phenoxy) is 2. The maximum Gasteiger partial charge on any atom is 0.128 e. The Bertz CT molecular complexity index is 420. The van der Waals surface area contributed by atoms with Crippen LogP contribution in [0.2, 0.25) is 0 Å². The second-order valence-corrected chi connectivity index (χ2v) is 4.44. The summed E-state index contributed by atoms with van der Waals surface area (Å²) in [5.74, 6) is 1.72. The van der Waals surface area contributed by atoms with Gasteiger partial charge in [0.2, 0.25) is 0 Å². The van der Waals surface area contributed by atoms with Gasteiger partial charge in [0.05, 0.1) is 6.04 Å². The van der Waals surface area contributed by atoms with Crippen LogP contribution in [-0.4, -0.2) is 19.8 Å². The quantitative estimate of drug-likeness (QED) is 0.858. The molecule has 0 saturated carbocycles. The lowest BCUT2D eigenvalue weighted by molar-refractivity contribution is 0.309. The van der Waals surface area contributed by atoms with Crippen LogP contribution in [0.3, 0.4) is 0 Å². The summed E-state index contributed by atoms with van der Waals surface area (Å²) in [6.07, 6.45) is 2.87. The number of halogens is 1.